The Bertz CT molecular complexity index is 751. The lowest BCUT2D eigenvalue weighted by molar-refractivity contribution is -0.146. The van der Waals surface area contributed by atoms with E-state index < -0.39 is 21.7 Å². The van der Waals surface area contributed by atoms with E-state index in [2.05, 4.69) is 44.5 Å². The van der Waals surface area contributed by atoms with Crippen molar-refractivity contribution in [2.24, 2.45) is 5.92 Å². The molecule has 0 bridgehead atoms. The van der Waals surface area contributed by atoms with Crippen LogP contribution in [0.5, 0.6) is 0 Å². The Kier molecular flexibility index (Phi) is 12.9. The first-order valence-electron chi connectivity index (χ1n) is 9.74. The summed E-state index contributed by atoms with van der Waals surface area (Å²) in [6.07, 6.45) is 5.67. The van der Waals surface area contributed by atoms with Crippen molar-refractivity contribution in [3.05, 3.63) is 34.3 Å². The van der Waals surface area contributed by atoms with Crippen LogP contribution in [-0.4, -0.2) is 39.4 Å². The van der Waals surface area contributed by atoms with Crippen LogP contribution in [0, 0.1) is 12.8 Å². The molecule has 9 heteroatoms. The molecule has 0 saturated heterocycles. The van der Waals surface area contributed by atoms with Gasteiger partial charge in [-0.15, -0.1) is 0 Å². The zero-order valence-electron chi connectivity index (χ0n) is 18.7. The molecule has 0 aromatic heterocycles. The van der Waals surface area contributed by atoms with Gasteiger partial charge in [-0.1, -0.05) is 52.9 Å². The number of esters is 1. The maximum Gasteiger partial charge on any atom is 0.421 e. The fourth-order valence-corrected chi connectivity index (χ4v) is 3.42. The highest BCUT2D eigenvalue weighted by Crippen LogP contribution is 2.24. The topological polar surface area (TPSA) is 98.8 Å². The van der Waals surface area contributed by atoms with E-state index >= 15 is 0 Å². The Labute approximate surface area is 189 Å². The van der Waals surface area contributed by atoms with Crippen LogP contribution in [0.4, 0.5) is 4.79 Å². The van der Waals surface area contributed by atoms with Gasteiger partial charge in [-0.2, -0.15) is 0 Å². The molecule has 1 saturated carbocycles. The maximum absolute atomic E-state index is 10.9. The lowest BCUT2D eigenvalue weighted by atomic mass is 9.89. The van der Waals surface area contributed by atoms with Crippen LogP contribution in [0.15, 0.2) is 28.7 Å². The van der Waals surface area contributed by atoms with Gasteiger partial charge in [0.15, 0.2) is 0 Å². The van der Waals surface area contributed by atoms with Crippen molar-refractivity contribution in [1.82, 2.24) is 4.72 Å². The lowest BCUT2D eigenvalue weighted by Gasteiger charge is -2.18. The average Bonchev–Trinajstić information content (AvgIpc) is 2.59. The number of amides is 1. The summed E-state index contributed by atoms with van der Waals surface area (Å²) in [5.41, 5.74) is 0.605. The maximum atomic E-state index is 10.9. The third kappa shape index (κ3) is 16.2. The second-order valence-electron chi connectivity index (χ2n) is 8.03. The number of sulfonamides is 1. The molecule has 1 aromatic carbocycles. The summed E-state index contributed by atoms with van der Waals surface area (Å²) in [6.45, 7) is 7.02. The fraction of sp³-hybridized carbons (Fsp3) is 0.619. The Morgan fingerprint density at radius 2 is 1.70 bits per heavy atom. The summed E-state index contributed by atoms with van der Waals surface area (Å²) in [5.74, 6) is 0.193. The van der Waals surface area contributed by atoms with Crippen LogP contribution in [0.2, 0.25) is 0 Å². The highest BCUT2D eigenvalue weighted by molar-refractivity contribution is 9.10. The van der Waals surface area contributed by atoms with E-state index in [0.717, 1.165) is 23.6 Å². The van der Waals surface area contributed by atoms with Gasteiger partial charge >= 0.3 is 12.1 Å². The number of rotatable bonds is 2. The fourth-order valence-electron chi connectivity index (χ4n) is 2.56. The van der Waals surface area contributed by atoms with Crippen molar-refractivity contribution < 1.29 is 27.5 Å². The van der Waals surface area contributed by atoms with E-state index in [-0.39, 0.29) is 11.9 Å². The van der Waals surface area contributed by atoms with Crippen molar-refractivity contribution in [1.29, 1.82) is 0 Å². The van der Waals surface area contributed by atoms with E-state index in [1.807, 2.05) is 12.1 Å². The number of aryl methyl sites for hydroxylation is 1. The highest BCUT2D eigenvalue weighted by Gasteiger charge is 2.21. The first kappa shape index (κ1) is 28.4. The van der Waals surface area contributed by atoms with Crippen LogP contribution in [0.1, 0.15) is 58.4 Å². The molecule has 0 atom stereocenters. The van der Waals surface area contributed by atoms with Crippen molar-refractivity contribution >= 4 is 38.0 Å². The molecule has 0 radical (unpaired) electrons. The standard InChI is InChI=1S/C8H14O2.C7H7Br.C6H13NO4S/c1-10-8(9)7-5-3-2-4-6-7;1-6-3-2-4-7(8)5-6;1-6(2,3)11-5(8)7-12(4,9)10/h7H,2-6H2,1H3;2-5H,1H3;1-4H3,(H,7,8). The highest BCUT2D eigenvalue weighted by atomic mass is 79.9. The molecule has 0 unspecified atom stereocenters. The smallest absolute Gasteiger partial charge is 0.421 e. The van der Waals surface area contributed by atoms with E-state index in [0.29, 0.717) is 0 Å². The molecule has 172 valence electrons. The van der Waals surface area contributed by atoms with E-state index in [1.54, 1.807) is 25.5 Å². The molecule has 7 nitrogen and oxygen atoms in total. The zero-order chi connectivity index (χ0) is 23.4. The molecule has 0 spiro atoms. The van der Waals surface area contributed by atoms with Gasteiger partial charge in [0.2, 0.25) is 10.0 Å². The van der Waals surface area contributed by atoms with Crippen molar-refractivity contribution in [2.75, 3.05) is 13.4 Å². The predicted molar refractivity (Wildman–Crippen MR) is 122 cm³/mol. The quantitative estimate of drug-likeness (QED) is 0.567. The van der Waals surface area contributed by atoms with Crippen molar-refractivity contribution in [3.63, 3.8) is 0 Å². The minimum Gasteiger partial charge on any atom is -0.469 e. The van der Waals surface area contributed by atoms with Gasteiger partial charge < -0.3 is 9.47 Å². The minimum absolute atomic E-state index is 0.0142. The molecule has 1 aliphatic carbocycles. The number of hydrogen-bond acceptors (Lipinski definition) is 6. The molecule has 1 amide bonds. The van der Waals surface area contributed by atoms with Gasteiger partial charge in [0.1, 0.15) is 5.60 Å². The number of carbonyl (C=O) groups excluding carboxylic acids is 2. The predicted octanol–water partition coefficient (Wildman–Crippen LogP) is 4.97. The molecule has 1 aliphatic rings. The van der Waals surface area contributed by atoms with E-state index in [1.165, 1.54) is 31.9 Å². The summed E-state index contributed by atoms with van der Waals surface area (Å²) in [5, 5.41) is 0. The second-order valence-corrected chi connectivity index (χ2v) is 10.7. The summed E-state index contributed by atoms with van der Waals surface area (Å²) in [4.78, 5) is 21.7. The van der Waals surface area contributed by atoms with Crippen molar-refractivity contribution in [2.45, 2.75) is 65.4 Å². The summed E-state index contributed by atoms with van der Waals surface area (Å²) < 4.78 is 33.2. The van der Waals surface area contributed by atoms with Crippen LogP contribution < -0.4 is 4.72 Å². The van der Waals surface area contributed by atoms with Crippen LogP contribution in [0.3, 0.4) is 0 Å². The monoisotopic (exact) mass is 507 g/mol. The van der Waals surface area contributed by atoms with Gasteiger partial charge in [-0.05, 0) is 52.7 Å². The SMILES string of the molecule is CC(C)(C)OC(=O)NS(C)(=O)=O.COC(=O)C1CCCCC1.Cc1cccc(Br)c1. The summed E-state index contributed by atoms with van der Waals surface area (Å²) >= 11 is 3.36. The molecule has 1 aromatic rings. The molecule has 2 rings (SSSR count). The first-order chi connectivity index (χ1) is 13.7. The normalized spacial score (nSPS) is 14.2. The number of ether oxygens (including phenoxy) is 2. The van der Waals surface area contributed by atoms with Gasteiger partial charge in [0.05, 0.1) is 19.3 Å². The molecule has 1 fully saturated rings. The third-order valence-electron chi connectivity index (χ3n) is 3.79. The number of carbonyl (C=O) groups is 2. The molecular weight excluding hydrogens is 474 g/mol. The summed E-state index contributed by atoms with van der Waals surface area (Å²) in [7, 11) is -2.05. The van der Waals surface area contributed by atoms with E-state index in [9.17, 15) is 18.0 Å². The van der Waals surface area contributed by atoms with Gasteiger partial charge in [-0.3, -0.25) is 4.79 Å². The van der Waals surface area contributed by atoms with E-state index in [4.69, 9.17) is 0 Å². The number of methoxy groups -OCH3 is 1. The summed E-state index contributed by atoms with van der Waals surface area (Å²) in [6, 6.07) is 8.21. The Morgan fingerprint density at radius 1 is 1.13 bits per heavy atom. The van der Waals surface area contributed by atoms with Gasteiger partial charge in [-0.25, -0.2) is 17.9 Å². The number of halogens is 1. The molecular formula is C21H34BrNO6S. The zero-order valence-corrected chi connectivity index (χ0v) is 21.1. The Morgan fingerprint density at radius 3 is 2.07 bits per heavy atom. The largest absolute Gasteiger partial charge is 0.469 e. The van der Waals surface area contributed by atoms with Gasteiger partial charge in [0, 0.05) is 4.47 Å². The Balaban J connectivity index is 0.000000428. The third-order valence-corrected chi connectivity index (χ3v) is 4.82. The first-order valence-corrected chi connectivity index (χ1v) is 12.4. The van der Waals surface area contributed by atoms with Crippen molar-refractivity contribution in [3.8, 4) is 0 Å². The number of benzene rings is 1. The van der Waals surface area contributed by atoms with Crippen LogP contribution in [0.25, 0.3) is 0 Å². The molecule has 0 aliphatic heterocycles. The van der Waals surface area contributed by atoms with Crippen LogP contribution >= 0.6 is 15.9 Å². The molecule has 0 heterocycles. The number of hydrogen-bond donors (Lipinski definition) is 1. The second kappa shape index (κ2) is 13.6. The molecule has 1 N–H and O–H groups in total. The number of nitrogens with one attached hydrogen (secondary N) is 1. The minimum atomic E-state index is -3.52. The van der Waals surface area contributed by atoms with Crippen LogP contribution in [-0.2, 0) is 24.3 Å². The van der Waals surface area contributed by atoms with Gasteiger partial charge in [0.25, 0.3) is 0 Å². The Hall–Kier alpha value is -1.61. The lowest BCUT2D eigenvalue weighted by Crippen LogP contribution is -2.35. The molecule has 30 heavy (non-hydrogen) atoms. The average molecular weight is 508 g/mol.